The molecule has 0 spiro atoms. The lowest BCUT2D eigenvalue weighted by molar-refractivity contribution is -0.147. The number of rotatable bonds is 6. The molecule has 4 nitrogen and oxygen atoms in total. The Balaban J connectivity index is 2.66. The lowest BCUT2D eigenvalue weighted by Crippen LogP contribution is -2.56. The third kappa shape index (κ3) is 3.68. The second-order valence-electron chi connectivity index (χ2n) is 5.41. The zero-order valence-corrected chi connectivity index (χ0v) is 11.2. The van der Waals surface area contributed by atoms with Crippen LogP contribution < -0.4 is 5.32 Å². The van der Waals surface area contributed by atoms with E-state index in [1.54, 1.807) is 7.11 Å². The third-order valence-corrected chi connectivity index (χ3v) is 3.91. The van der Waals surface area contributed by atoms with Gasteiger partial charge in [0.15, 0.2) is 0 Å². The standard InChI is InChI=1S/C13H25NO3/c1-10(2)11-5-4-6-13(9-11,12(15)16)14-7-8-17-3/h10-11,14H,4-9H2,1-3H3,(H,15,16). The summed E-state index contributed by atoms with van der Waals surface area (Å²) in [5.41, 5.74) is -0.730. The first-order chi connectivity index (χ1) is 8.02. The Bertz CT molecular complexity index is 255. The van der Waals surface area contributed by atoms with Crippen LogP contribution in [0.1, 0.15) is 39.5 Å². The number of carboxylic acids is 1. The number of ether oxygens (including phenoxy) is 1. The highest BCUT2D eigenvalue weighted by molar-refractivity contribution is 5.79. The summed E-state index contributed by atoms with van der Waals surface area (Å²) < 4.78 is 4.98. The predicted molar refractivity (Wildman–Crippen MR) is 67.0 cm³/mol. The van der Waals surface area contributed by atoms with Gasteiger partial charge in [0.05, 0.1) is 6.61 Å². The van der Waals surface area contributed by atoms with Gasteiger partial charge in [-0.25, -0.2) is 0 Å². The molecule has 0 bridgehead atoms. The molecule has 0 aromatic heterocycles. The molecule has 1 rings (SSSR count). The first-order valence-corrected chi connectivity index (χ1v) is 6.49. The van der Waals surface area contributed by atoms with Crippen molar-refractivity contribution < 1.29 is 14.6 Å². The summed E-state index contributed by atoms with van der Waals surface area (Å²) in [6, 6.07) is 0. The fraction of sp³-hybridized carbons (Fsp3) is 0.923. The van der Waals surface area contributed by atoms with Crippen molar-refractivity contribution >= 4 is 5.97 Å². The van der Waals surface area contributed by atoms with Crippen LogP contribution in [0.4, 0.5) is 0 Å². The smallest absolute Gasteiger partial charge is 0.323 e. The van der Waals surface area contributed by atoms with Crippen LogP contribution >= 0.6 is 0 Å². The summed E-state index contributed by atoms with van der Waals surface area (Å²) in [4.78, 5) is 11.5. The molecule has 0 amide bonds. The molecular formula is C13H25NO3. The fourth-order valence-electron chi connectivity index (χ4n) is 2.71. The van der Waals surface area contributed by atoms with Gasteiger partial charge in [-0.05, 0) is 24.7 Å². The number of carbonyl (C=O) groups is 1. The molecule has 0 aliphatic heterocycles. The first-order valence-electron chi connectivity index (χ1n) is 6.49. The molecule has 2 unspecified atom stereocenters. The van der Waals surface area contributed by atoms with Crippen LogP contribution in [0.25, 0.3) is 0 Å². The van der Waals surface area contributed by atoms with E-state index < -0.39 is 11.5 Å². The summed E-state index contributed by atoms with van der Waals surface area (Å²) in [5, 5.41) is 12.7. The Kier molecular flexibility index (Phi) is 5.40. The lowest BCUT2D eigenvalue weighted by atomic mass is 9.71. The van der Waals surface area contributed by atoms with Crippen LogP contribution in [0.2, 0.25) is 0 Å². The topological polar surface area (TPSA) is 58.6 Å². The molecule has 100 valence electrons. The van der Waals surface area contributed by atoms with Gasteiger partial charge >= 0.3 is 5.97 Å². The molecule has 0 saturated heterocycles. The Morgan fingerprint density at radius 2 is 2.29 bits per heavy atom. The molecule has 1 aliphatic rings. The van der Waals surface area contributed by atoms with Crippen LogP contribution in [0, 0.1) is 11.8 Å². The number of methoxy groups -OCH3 is 1. The summed E-state index contributed by atoms with van der Waals surface area (Å²) in [5.74, 6) is 0.354. The molecule has 2 atom stereocenters. The molecule has 0 aromatic rings. The molecule has 1 fully saturated rings. The molecule has 2 N–H and O–H groups in total. The van der Waals surface area contributed by atoms with Crippen LogP contribution in [-0.2, 0) is 9.53 Å². The largest absolute Gasteiger partial charge is 0.480 e. The second-order valence-corrected chi connectivity index (χ2v) is 5.41. The van der Waals surface area contributed by atoms with Gasteiger partial charge in [0.1, 0.15) is 5.54 Å². The summed E-state index contributed by atoms with van der Waals surface area (Å²) in [6.07, 6.45) is 3.62. The van der Waals surface area contributed by atoms with Crippen LogP contribution in [0.5, 0.6) is 0 Å². The number of hydrogen-bond acceptors (Lipinski definition) is 3. The highest BCUT2D eigenvalue weighted by atomic mass is 16.5. The van der Waals surface area contributed by atoms with Crippen molar-refractivity contribution in [3.05, 3.63) is 0 Å². The normalized spacial score (nSPS) is 29.5. The van der Waals surface area contributed by atoms with Gasteiger partial charge in [-0.15, -0.1) is 0 Å². The van der Waals surface area contributed by atoms with Gasteiger partial charge in [-0.1, -0.05) is 26.7 Å². The first kappa shape index (κ1) is 14.5. The van der Waals surface area contributed by atoms with Gasteiger partial charge in [0, 0.05) is 13.7 Å². The summed E-state index contributed by atoms with van der Waals surface area (Å²) in [7, 11) is 1.63. The van der Waals surface area contributed by atoms with Gasteiger partial charge in [0.25, 0.3) is 0 Å². The molecule has 4 heteroatoms. The quantitative estimate of drug-likeness (QED) is 0.699. The van der Waals surface area contributed by atoms with Crippen molar-refractivity contribution in [1.29, 1.82) is 0 Å². The molecule has 1 aliphatic carbocycles. The highest BCUT2D eigenvalue weighted by Crippen LogP contribution is 2.36. The molecular weight excluding hydrogens is 218 g/mol. The van der Waals surface area contributed by atoms with Gasteiger partial charge in [-0.3, -0.25) is 10.1 Å². The average Bonchev–Trinajstić information content (AvgIpc) is 2.29. The van der Waals surface area contributed by atoms with Crippen LogP contribution in [0.3, 0.4) is 0 Å². The zero-order valence-electron chi connectivity index (χ0n) is 11.2. The second kappa shape index (κ2) is 6.36. The molecule has 17 heavy (non-hydrogen) atoms. The maximum absolute atomic E-state index is 11.5. The van der Waals surface area contributed by atoms with Crippen LogP contribution in [0.15, 0.2) is 0 Å². The monoisotopic (exact) mass is 243 g/mol. The Hall–Kier alpha value is -0.610. The minimum absolute atomic E-state index is 0.509. The number of nitrogens with one attached hydrogen (secondary N) is 1. The maximum Gasteiger partial charge on any atom is 0.323 e. The maximum atomic E-state index is 11.5. The number of aliphatic carboxylic acids is 1. The van der Waals surface area contributed by atoms with E-state index in [0.717, 1.165) is 25.7 Å². The molecule has 0 heterocycles. The SMILES string of the molecule is COCCNC1(C(=O)O)CCCC(C(C)C)C1. The minimum Gasteiger partial charge on any atom is -0.480 e. The van der Waals surface area contributed by atoms with E-state index >= 15 is 0 Å². The van der Waals surface area contributed by atoms with E-state index in [-0.39, 0.29) is 0 Å². The number of hydrogen-bond donors (Lipinski definition) is 2. The van der Waals surface area contributed by atoms with Crippen molar-refractivity contribution in [2.24, 2.45) is 11.8 Å². The van der Waals surface area contributed by atoms with Crippen molar-refractivity contribution in [3.63, 3.8) is 0 Å². The predicted octanol–water partition coefficient (Wildman–Crippen LogP) is 1.89. The van der Waals surface area contributed by atoms with E-state index in [2.05, 4.69) is 19.2 Å². The van der Waals surface area contributed by atoms with E-state index in [0.29, 0.717) is 25.0 Å². The van der Waals surface area contributed by atoms with Crippen molar-refractivity contribution in [2.45, 2.75) is 45.1 Å². The van der Waals surface area contributed by atoms with Crippen molar-refractivity contribution in [3.8, 4) is 0 Å². The van der Waals surface area contributed by atoms with E-state index in [4.69, 9.17) is 4.74 Å². The molecule has 1 saturated carbocycles. The lowest BCUT2D eigenvalue weighted by Gasteiger charge is -2.40. The Morgan fingerprint density at radius 3 is 2.82 bits per heavy atom. The van der Waals surface area contributed by atoms with Crippen molar-refractivity contribution in [1.82, 2.24) is 5.32 Å². The Morgan fingerprint density at radius 1 is 1.59 bits per heavy atom. The summed E-state index contributed by atoms with van der Waals surface area (Å²) >= 11 is 0. The summed E-state index contributed by atoms with van der Waals surface area (Å²) in [6.45, 7) is 5.52. The number of carboxylic acid groups (broad SMARTS) is 1. The highest BCUT2D eigenvalue weighted by Gasteiger charge is 2.42. The minimum atomic E-state index is -0.730. The zero-order chi connectivity index (χ0) is 12.9. The Labute approximate surface area is 104 Å². The average molecular weight is 243 g/mol. The van der Waals surface area contributed by atoms with Gasteiger partial charge < -0.3 is 9.84 Å². The van der Waals surface area contributed by atoms with Gasteiger partial charge in [0.2, 0.25) is 0 Å². The van der Waals surface area contributed by atoms with E-state index in [1.807, 2.05) is 0 Å². The fourth-order valence-corrected chi connectivity index (χ4v) is 2.71. The van der Waals surface area contributed by atoms with E-state index in [9.17, 15) is 9.90 Å². The third-order valence-electron chi connectivity index (χ3n) is 3.91. The van der Waals surface area contributed by atoms with Crippen molar-refractivity contribution in [2.75, 3.05) is 20.3 Å². The van der Waals surface area contributed by atoms with Crippen LogP contribution in [-0.4, -0.2) is 36.9 Å². The molecule has 0 aromatic carbocycles. The van der Waals surface area contributed by atoms with E-state index in [1.165, 1.54) is 0 Å². The molecule has 0 radical (unpaired) electrons. The van der Waals surface area contributed by atoms with Gasteiger partial charge in [-0.2, -0.15) is 0 Å².